The molecular weight excluding hydrogens is 264 g/mol. The lowest BCUT2D eigenvalue weighted by molar-refractivity contribution is 0.174. The summed E-state index contributed by atoms with van der Waals surface area (Å²) in [5, 5.41) is 3.61. The number of benzene rings is 1. The Hall–Kier alpha value is -1.26. The number of nitrogens with zero attached hydrogens (tertiary/aromatic N) is 1. The van der Waals surface area contributed by atoms with Gasteiger partial charge in [-0.25, -0.2) is 0 Å². The van der Waals surface area contributed by atoms with E-state index in [-0.39, 0.29) is 0 Å². The largest absolute Gasteiger partial charge is 0.454 e. The molecule has 1 unspecified atom stereocenters. The van der Waals surface area contributed by atoms with Crippen molar-refractivity contribution in [2.24, 2.45) is 5.92 Å². The second-order valence-electron chi connectivity index (χ2n) is 6.02. The van der Waals surface area contributed by atoms with E-state index in [1.54, 1.807) is 0 Å². The van der Waals surface area contributed by atoms with Gasteiger partial charge in [-0.1, -0.05) is 19.9 Å². The van der Waals surface area contributed by atoms with Gasteiger partial charge < -0.3 is 19.7 Å². The Labute approximate surface area is 127 Å². The summed E-state index contributed by atoms with van der Waals surface area (Å²) in [6.07, 6.45) is 2.82. The Kier molecular flexibility index (Phi) is 4.66. The Morgan fingerprint density at radius 2 is 2.05 bits per heavy atom. The van der Waals surface area contributed by atoms with Gasteiger partial charge >= 0.3 is 0 Å². The Morgan fingerprint density at radius 3 is 2.76 bits per heavy atom. The van der Waals surface area contributed by atoms with E-state index in [4.69, 9.17) is 9.47 Å². The Morgan fingerprint density at radius 1 is 1.24 bits per heavy atom. The van der Waals surface area contributed by atoms with Crippen LogP contribution in [-0.2, 0) is 0 Å². The summed E-state index contributed by atoms with van der Waals surface area (Å²) in [6.45, 7) is 9.14. The standard InChI is InChI=1S/C17H26N2O2/c1-3-18-15(11-19(4-2)10-13-5-6-13)14-7-8-16-17(9-14)21-12-20-16/h7-9,13,15,18H,3-6,10-12H2,1-2H3. The number of rotatable bonds is 8. The van der Waals surface area contributed by atoms with Crippen LogP contribution in [0.25, 0.3) is 0 Å². The van der Waals surface area contributed by atoms with Crippen molar-refractivity contribution >= 4 is 0 Å². The molecule has 1 aliphatic carbocycles. The maximum Gasteiger partial charge on any atom is 0.231 e. The lowest BCUT2D eigenvalue weighted by Gasteiger charge is -2.27. The van der Waals surface area contributed by atoms with Gasteiger partial charge in [0.25, 0.3) is 0 Å². The van der Waals surface area contributed by atoms with E-state index in [9.17, 15) is 0 Å². The van der Waals surface area contributed by atoms with Crippen LogP contribution in [0.2, 0.25) is 0 Å². The normalized spacial score (nSPS) is 18.2. The van der Waals surface area contributed by atoms with E-state index in [0.717, 1.165) is 37.1 Å². The van der Waals surface area contributed by atoms with Crippen LogP contribution < -0.4 is 14.8 Å². The Bertz CT molecular complexity index is 474. The maximum atomic E-state index is 5.51. The van der Waals surface area contributed by atoms with E-state index in [0.29, 0.717) is 12.8 Å². The molecule has 1 saturated carbocycles. The average molecular weight is 290 g/mol. The van der Waals surface area contributed by atoms with Crippen molar-refractivity contribution in [1.29, 1.82) is 0 Å². The highest BCUT2D eigenvalue weighted by atomic mass is 16.7. The van der Waals surface area contributed by atoms with E-state index < -0.39 is 0 Å². The summed E-state index contributed by atoms with van der Waals surface area (Å²) in [7, 11) is 0. The predicted octanol–water partition coefficient (Wildman–Crippen LogP) is 2.80. The molecule has 1 fully saturated rings. The second-order valence-corrected chi connectivity index (χ2v) is 6.02. The zero-order valence-electron chi connectivity index (χ0n) is 13.1. The molecule has 4 nitrogen and oxygen atoms in total. The number of fused-ring (bicyclic) bond motifs is 1. The molecule has 0 radical (unpaired) electrons. The fraction of sp³-hybridized carbons (Fsp3) is 0.647. The fourth-order valence-corrected chi connectivity index (χ4v) is 2.92. The van der Waals surface area contributed by atoms with Crippen LogP contribution in [0.1, 0.15) is 38.3 Å². The zero-order chi connectivity index (χ0) is 14.7. The first-order valence-electron chi connectivity index (χ1n) is 8.15. The van der Waals surface area contributed by atoms with Gasteiger partial charge in [-0.3, -0.25) is 0 Å². The molecule has 1 aromatic rings. The highest BCUT2D eigenvalue weighted by Gasteiger charge is 2.25. The second kappa shape index (κ2) is 6.67. The SMILES string of the molecule is CCNC(CN(CC)CC1CC1)c1ccc2c(c1)OCO2. The minimum absolute atomic E-state index is 0.341. The highest BCUT2D eigenvalue weighted by molar-refractivity contribution is 5.45. The quantitative estimate of drug-likeness (QED) is 0.798. The van der Waals surface area contributed by atoms with Crippen molar-refractivity contribution in [2.75, 3.05) is 33.0 Å². The van der Waals surface area contributed by atoms with Crippen molar-refractivity contribution in [3.05, 3.63) is 23.8 Å². The summed E-state index contributed by atoms with van der Waals surface area (Å²) >= 11 is 0. The van der Waals surface area contributed by atoms with E-state index in [1.807, 2.05) is 6.07 Å². The number of ether oxygens (including phenoxy) is 2. The molecule has 0 amide bonds. The highest BCUT2D eigenvalue weighted by Crippen LogP contribution is 2.35. The number of hydrogen-bond donors (Lipinski definition) is 1. The van der Waals surface area contributed by atoms with Crippen LogP contribution in [-0.4, -0.2) is 37.9 Å². The summed E-state index contributed by atoms with van der Waals surface area (Å²) in [5.74, 6) is 2.67. The molecule has 2 aliphatic rings. The molecule has 0 bridgehead atoms. The molecule has 116 valence electrons. The average Bonchev–Trinajstić information content (AvgIpc) is 3.19. The summed E-state index contributed by atoms with van der Waals surface area (Å²) in [5.41, 5.74) is 1.29. The molecule has 21 heavy (non-hydrogen) atoms. The van der Waals surface area contributed by atoms with Crippen molar-refractivity contribution in [1.82, 2.24) is 10.2 Å². The van der Waals surface area contributed by atoms with Gasteiger partial charge in [0, 0.05) is 19.1 Å². The first kappa shape index (κ1) is 14.7. The van der Waals surface area contributed by atoms with Crippen molar-refractivity contribution in [3.63, 3.8) is 0 Å². The molecule has 1 aliphatic heterocycles. The monoisotopic (exact) mass is 290 g/mol. The number of likely N-dealkylation sites (N-methyl/N-ethyl adjacent to an activating group) is 2. The van der Waals surface area contributed by atoms with Gasteiger partial charge in [0.15, 0.2) is 11.5 Å². The van der Waals surface area contributed by atoms with Gasteiger partial charge in [0.05, 0.1) is 0 Å². The topological polar surface area (TPSA) is 33.7 Å². The molecule has 3 rings (SSSR count). The first-order valence-corrected chi connectivity index (χ1v) is 8.15. The summed E-state index contributed by atoms with van der Waals surface area (Å²) < 4.78 is 10.9. The molecule has 0 spiro atoms. The van der Waals surface area contributed by atoms with Gasteiger partial charge in [0.2, 0.25) is 6.79 Å². The molecular formula is C17H26N2O2. The minimum atomic E-state index is 0.341. The van der Waals surface area contributed by atoms with Crippen LogP contribution >= 0.6 is 0 Å². The number of nitrogens with one attached hydrogen (secondary N) is 1. The van der Waals surface area contributed by atoms with Gasteiger partial charge in [-0.15, -0.1) is 0 Å². The fourth-order valence-electron chi connectivity index (χ4n) is 2.92. The summed E-state index contributed by atoms with van der Waals surface area (Å²) in [6, 6.07) is 6.66. The lowest BCUT2D eigenvalue weighted by atomic mass is 10.1. The minimum Gasteiger partial charge on any atom is -0.454 e. The molecule has 1 heterocycles. The third-order valence-corrected chi connectivity index (χ3v) is 4.35. The van der Waals surface area contributed by atoms with Crippen molar-refractivity contribution in [3.8, 4) is 11.5 Å². The van der Waals surface area contributed by atoms with Crippen molar-refractivity contribution < 1.29 is 9.47 Å². The predicted molar refractivity (Wildman–Crippen MR) is 83.8 cm³/mol. The molecule has 0 saturated heterocycles. The van der Waals surface area contributed by atoms with Crippen LogP contribution in [0.3, 0.4) is 0 Å². The molecule has 1 aromatic carbocycles. The van der Waals surface area contributed by atoms with E-state index in [1.165, 1.54) is 24.9 Å². The van der Waals surface area contributed by atoms with Crippen LogP contribution in [0.15, 0.2) is 18.2 Å². The first-order chi connectivity index (χ1) is 10.3. The van der Waals surface area contributed by atoms with Crippen LogP contribution in [0, 0.1) is 5.92 Å². The third kappa shape index (κ3) is 3.69. The van der Waals surface area contributed by atoms with Crippen molar-refractivity contribution in [2.45, 2.75) is 32.7 Å². The molecule has 4 heteroatoms. The smallest absolute Gasteiger partial charge is 0.231 e. The van der Waals surface area contributed by atoms with Gasteiger partial charge in [0.1, 0.15) is 0 Å². The van der Waals surface area contributed by atoms with Crippen LogP contribution in [0.5, 0.6) is 11.5 Å². The Balaban J connectivity index is 1.70. The molecule has 1 N–H and O–H groups in total. The number of hydrogen-bond acceptors (Lipinski definition) is 4. The summed E-state index contributed by atoms with van der Waals surface area (Å²) in [4.78, 5) is 2.57. The lowest BCUT2D eigenvalue weighted by Crippen LogP contribution is -2.36. The van der Waals surface area contributed by atoms with Gasteiger partial charge in [-0.2, -0.15) is 0 Å². The maximum absolute atomic E-state index is 5.51. The third-order valence-electron chi connectivity index (χ3n) is 4.35. The van der Waals surface area contributed by atoms with Crippen LogP contribution in [0.4, 0.5) is 0 Å². The molecule has 0 aromatic heterocycles. The van der Waals surface area contributed by atoms with Gasteiger partial charge in [-0.05, 0) is 49.5 Å². The molecule has 1 atom stereocenters. The van der Waals surface area contributed by atoms with E-state index in [2.05, 4.69) is 36.2 Å². The zero-order valence-corrected chi connectivity index (χ0v) is 13.1. The van der Waals surface area contributed by atoms with E-state index >= 15 is 0 Å².